The van der Waals surface area contributed by atoms with Gasteiger partial charge in [0.25, 0.3) is 0 Å². The molecule has 2 rings (SSSR count). The average Bonchev–Trinajstić information content (AvgIpc) is 2.34. The number of hydrogen-bond acceptors (Lipinski definition) is 1. The summed E-state index contributed by atoms with van der Waals surface area (Å²) in [6.07, 6.45) is 0. The zero-order chi connectivity index (χ0) is 13.1. The molecule has 0 aliphatic rings. The van der Waals surface area contributed by atoms with Crippen molar-refractivity contribution in [3.63, 3.8) is 0 Å². The van der Waals surface area contributed by atoms with E-state index < -0.39 is 0 Å². The van der Waals surface area contributed by atoms with Gasteiger partial charge in [0, 0.05) is 21.4 Å². The second-order valence-electron chi connectivity index (χ2n) is 3.56. The first-order valence-corrected chi connectivity index (χ1v) is 7.74. The third-order valence-corrected chi connectivity index (χ3v) is 4.13. The summed E-state index contributed by atoms with van der Waals surface area (Å²) in [5, 5.41) is 1.71. The van der Waals surface area contributed by atoms with Gasteiger partial charge in [-0.1, -0.05) is 61.1 Å². The first kappa shape index (κ1) is 14.2. The molecule has 0 aromatic heterocycles. The van der Waals surface area contributed by atoms with Gasteiger partial charge >= 0.3 is 0 Å². The molecule has 2 aromatic carbocycles. The Bertz CT molecular complexity index is 573. The van der Waals surface area contributed by atoms with Crippen LogP contribution in [0.4, 0.5) is 0 Å². The fourth-order valence-electron chi connectivity index (χ4n) is 1.40. The van der Waals surface area contributed by atoms with Gasteiger partial charge in [0.05, 0.1) is 10.0 Å². The Labute approximate surface area is 132 Å². The van der Waals surface area contributed by atoms with Crippen LogP contribution in [0.2, 0.25) is 10.0 Å². The van der Waals surface area contributed by atoms with Gasteiger partial charge in [0.2, 0.25) is 0 Å². The lowest BCUT2D eigenvalue weighted by atomic mass is 10.2. The summed E-state index contributed by atoms with van der Waals surface area (Å²) in [5.74, 6) is 1.43. The van der Waals surface area contributed by atoms with Crippen LogP contribution >= 0.6 is 55.1 Å². The van der Waals surface area contributed by atoms with Crippen molar-refractivity contribution in [1.82, 2.24) is 0 Å². The molecule has 0 radical (unpaired) electrons. The highest BCUT2D eigenvalue weighted by Gasteiger charge is 2.06. The molecule has 0 bridgehead atoms. The maximum absolute atomic E-state index is 5.95. The van der Waals surface area contributed by atoms with Gasteiger partial charge in [-0.05, 0) is 24.3 Å². The Morgan fingerprint density at radius 3 is 2.44 bits per heavy atom. The molecule has 94 valence electrons. The number of alkyl halides is 1. The third-order valence-electron chi connectivity index (χ3n) is 2.29. The molecule has 18 heavy (non-hydrogen) atoms. The van der Waals surface area contributed by atoms with Gasteiger partial charge in [-0.15, -0.1) is 0 Å². The Morgan fingerprint density at radius 1 is 1.00 bits per heavy atom. The molecule has 0 saturated carbocycles. The molecule has 0 unspecified atom stereocenters. The molecule has 0 spiro atoms. The van der Waals surface area contributed by atoms with Crippen molar-refractivity contribution in [2.24, 2.45) is 0 Å². The van der Waals surface area contributed by atoms with E-state index in [1.54, 1.807) is 18.2 Å². The topological polar surface area (TPSA) is 9.23 Å². The standard InChI is InChI=1S/C13H8Br2Cl2O/c14-7-8-1-2-9(15)5-13(8)18-10-3-4-11(16)12(17)6-10/h1-6H,7H2. The molecule has 0 heterocycles. The largest absolute Gasteiger partial charge is 0.457 e. The number of rotatable bonds is 3. The third kappa shape index (κ3) is 3.41. The van der Waals surface area contributed by atoms with Crippen LogP contribution in [-0.2, 0) is 5.33 Å². The van der Waals surface area contributed by atoms with E-state index in [1.165, 1.54) is 0 Å². The summed E-state index contributed by atoms with van der Waals surface area (Å²) >= 11 is 18.7. The van der Waals surface area contributed by atoms with Crippen molar-refractivity contribution in [2.45, 2.75) is 5.33 Å². The zero-order valence-electron chi connectivity index (χ0n) is 9.09. The Hall–Kier alpha value is -0.220. The zero-order valence-corrected chi connectivity index (χ0v) is 13.8. The second kappa shape index (κ2) is 6.29. The smallest absolute Gasteiger partial charge is 0.132 e. The molecule has 0 aliphatic heterocycles. The van der Waals surface area contributed by atoms with E-state index in [0.717, 1.165) is 21.1 Å². The predicted octanol–water partition coefficient (Wildman–Crippen LogP) is 6.44. The van der Waals surface area contributed by atoms with Crippen LogP contribution in [0.1, 0.15) is 5.56 Å². The lowest BCUT2D eigenvalue weighted by molar-refractivity contribution is 0.478. The van der Waals surface area contributed by atoms with Crippen molar-refractivity contribution < 1.29 is 4.74 Å². The van der Waals surface area contributed by atoms with E-state index >= 15 is 0 Å². The Kier molecular flexibility index (Phi) is 4.96. The molecule has 0 aliphatic carbocycles. The highest BCUT2D eigenvalue weighted by Crippen LogP contribution is 2.33. The molecule has 0 saturated heterocycles. The summed E-state index contributed by atoms with van der Waals surface area (Å²) < 4.78 is 6.77. The van der Waals surface area contributed by atoms with Crippen molar-refractivity contribution in [2.75, 3.05) is 0 Å². The second-order valence-corrected chi connectivity index (χ2v) is 5.85. The SMILES string of the molecule is Clc1ccc(Oc2cc(Br)ccc2CBr)cc1Cl. The molecule has 0 atom stereocenters. The fraction of sp³-hybridized carbons (Fsp3) is 0.0769. The van der Waals surface area contributed by atoms with Crippen LogP contribution in [-0.4, -0.2) is 0 Å². The van der Waals surface area contributed by atoms with E-state index in [0.29, 0.717) is 15.8 Å². The van der Waals surface area contributed by atoms with E-state index in [-0.39, 0.29) is 0 Å². The molecule has 5 heteroatoms. The van der Waals surface area contributed by atoms with Crippen LogP contribution in [0.3, 0.4) is 0 Å². The summed E-state index contributed by atoms with van der Waals surface area (Å²) in [4.78, 5) is 0. The number of benzene rings is 2. The van der Waals surface area contributed by atoms with Gasteiger partial charge in [0.15, 0.2) is 0 Å². The summed E-state index contributed by atoms with van der Waals surface area (Å²) in [5.41, 5.74) is 1.06. The first-order valence-electron chi connectivity index (χ1n) is 5.07. The Balaban J connectivity index is 2.33. The predicted molar refractivity (Wildman–Crippen MR) is 83.3 cm³/mol. The van der Waals surface area contributed by atoms with E-state index in [4.69, 9.17) is 27.9 Å². The summed E-state index contributed by atoms with van der Waals surface area (Å²) in [7, 11) is 0. The normalized spacial score (nSPS) is 10.4. The van der Waals surface area contributed by atoms with Gasteiger partial charge in [-0.2, -0.15) is 0 Å². The monoisotopic (exact) mass is 408 g/mol. The summed E-state index contributed by atoms with van der Waals surface area (Å²) in [6.45, 7) is 0. The van der Waals surface area contributed by atoms with Crippen molar-refractivity contribution in [3.8, 4) is 11.5 Å². The highest BCUT2D eigenvalue weighted by molar-refractivity contribution is 9.10. The quantitative estimate of drug-likeness (QED) is 0.529. The molecular weight excluding hydrogens is 403 g/mol. The lowest BCUT2D eigenvalue weighted by Crippen LogP contribution is -1.89. The first-order chi connectivity index (χ1) is 8.60. The Morgan fingerprint density at radius 2 is 1.78 bits per heavy atom. The molecule has 0 N–H and O–H groups in total. The molecule has 1 nitrogen and oxygen atoms in total. The lowest BCUT2D eigenvalue weighted by Gasteiger charge is -2.10. The molecule has 0 fully saturated rings. The molecule has 2 aromatic rings. The van der Waals surface area contributed by atoms with Crippen LogP contribution in [0.15, 0.2) is 40.9 Å². The van der Waals surface area contributed by atoms with E-state index in [9.17, 15) is 0 Å². The van der Waals surface area contributed by atoms with Gasteiger partial charge in [-0.25, -0.2) is 0 Å². The van der Waals surface area contributed by atoms with Crippen LogP contribution in [0.5, 0.6) is 11.5 Å². The highest BCUT2D eigenvalue weighted by atomic mass is 79.9. The number of hydrogen-bond donors (Lipinski definition) is 0. The fourth-order valence-corrected chi connectivity index (χ4v) is 2.49. The van der Waals surface area contributed by atoms with E-state index in [2.05, 4.69) is 31.9 Å². The summed E-state index contributed by atoms with van der Waals surface area (Å²) in [6, 6.07) is 11.1. The van der Waals surface area contributed by atoms with Crippen LogP contribution < -0.4 is 4.74 Å². The number of ether oxygens (including phenoxy) is 1. The van der Waals surface area contributed by atoms with Crippen LogP contribution in [0.25, 0.3) is 0 Å². The maximum Gasteiger partial charge on any atom is 0.132 e. The minimum atomic E-state index is 0.476. The van der Waals surface area contributed by atoms with Crippen molar-refractivity contribution in [1.29, 1.82) is 0 Å². The van der Waals surface area contributed by atoms with E-state index in [1.807, 2.05) is 18.2 Å². The van der Waals surface area contributed by atoms with Crippen molar-refractivity contribution >= 4 is 55.1 Å². The van der Waals surface area contributed by atoms with Gasteiger partial charge in [0.1, 0.15) is 11.5 Å². The average molecular weight is 411 g/mol. The van der Waals surface area contributed by atoms with Gasteiger partial charge < -0.3 is 4.74 Å². The van der Waals surface area contributed by atoms with Gasteiger partial charge in [-0.3, -0.25) is 0 Å². The van der Waals surface area contributed by atoms with Crippen LogP contribution in [0, 0.1) is 0 Å². The maximum atomic E-state index is 5.95. The number of halogens is 4. The minimum Gasteiger partial charge on any atom is -0.457 e. The molecular formula is C13H8Br2Cl2O. The van der Waals surface area contributed by atoms with Crippen molar-refractivity contribution in [3.05, 3.63) is 56.5 Å². The minimum absolute atomic E-state index is 0.476. The molecule has 0 amide bonds.